The lowest BCUT2D eigenvalue weighted by Crippen LogP contribution is -2.13. The van der Waals surface area contributed by atoms with Gasteiger partial charge in [0.15, 0.2) is 7.28 Å². The molecule has 0 aromatic heterocycles. The number of benzene rings is 1. The van der Waals surface area contributed by atoms with E-state index in [9.17, 15) is 0 Å². The van der Waals surface area contributed by atoms with Crippen LogP contribution in [0.5, 0.6) is 0 Å². The van der Waals surface area contributed by atoms with Crippen LogP contribution in [0.25, 0.3) is 0 Å². The van der Waals surface area contributed by atoms with Gasteiger partial charge in [-0.25, -0.2) is 0 Å². The summed E-state index contributed by atoms with van der Waals surface area (Å²) in [5.74, 6) is 0. The standard InChI is InChI=1S/C8H10BS/c1-2-9-7-5-3-4-6-8(7)10/h3-6,10H,2H2,1H3. The Kier molecular flexibility index (Phi) is 2.88. The van der Waals surface area contributed by atoms with Crippen LogP contribution < -0.4 is 5.46 Å². The lowest BCUT2D eigenvalue weighted by Gasteiger charge is -1.99. The summed E-state index contributed by atoms with van der Waals surface area (Å²) in [4.78, 5) is 1.06. The first-order valence-corrected chi connectivity index (χ1v) is 3.90. The van der Waals surface area contributed by atoms with Crippen LogP contribution in [0.3, 0.4) is 0 Å². The summed E-state index contributed by atoms with van der Waals surface area (Å²) in [6.07, 6.45) is 1.07. The van der Waals surface area contributed by atoms with Gasteiger partial charge in [0.05, 0.1) is 0 Å². The highest BCUT2D eigenvalue weighted by Gasteiger charge is 1.95. The summed E-state index contributed by atoms with van der Waals surface area (Å²) in [6.45, 7) is 2.13. The molecule has 0 fully saturated rings. The fourth-order valence-electron chi connectivity index (χ4n) is 0.880. The van der Waals surface area contributed by atoms with Gasteiger partial charge >= 0.3 is 0 Å². The van der Waals surface area contributed by atoms with Crippen molar-refractivity contribution < 1.29 is 0 Å². The fraction of sp³-hybridized carbons (Fsp3) is 0.250. The van der Waals surface area contributed by atoms with Gasteiger partial charge in [-0.05, 0) is 11.0 Å². The fourth-order valence-corrected chi connectivity index (χ4v) is 1.13. The summed E-state index contributed by atoms with van der Waals surface area (Å²) in [7, 11) is 2.17. The van der Waals surface area contributed by atoms with Gasteiger partial charge in [0.2, 0.25) is 0 Å². The van der Waals surface area contributed by atoms with Crippen molar-refractivity contribution in [2.45, 2.75) is 18.1 Å². The molecule has 0 amide bonds. The highest BCUT2D eigenvalue weighted by Crippen LogP contribution is 2.00. The van der Waals surface area contributed by atoms with Gasteiger partial charge in [-0.3, -0.25) is 0 Å². The van der Waals surface area contributed by atoms with Crippen molar-refractivity contribution in [3.8, 4) is 0 Å². The number of hydrogen-bond donors (Lipinski definition) is 1. The molecule has 10 heavy (non-hydrogen) atoms. The van der Waals surface area contributed by atoms with E-state index in [0.29, 0.717) is 0 Å². The van der Waals surface area contributed by atoms with E-state index in [1.165, 1.54) is 5.46 Å². The summed E-state index contributed by atoms with van der Waals surface area (Å²) < 4.78 is 0. The predicted molar refractivity (Wildman–Crippen MR) is 49.6 cm³/mol. The molecule has 1 aromatic carbocycles. The van der Waals surface area contributed by atoms with Crippen LogP contribution in [0.15, 0.2) is 29.2 Å². The third kappa shape index (κ3) is 1.81. The first kappa shape index (κ1) is 7.74. The number of thiol groups is 1. The molecule has 0 heterocycles. The normalized spacial score (nSPS) is 9.40. The Morgan fingerprint density at radius 2 is 2.10 bits per heavy atom. The lowest BCUT2D eigenvalue weighted by atomic mass is 9.68. The van der Waals surface area contributed by atoms with Crippen LogP contribution in [0.2, 0.25) is 6.32 Å². The molecule has 1 aromatic rings. The Balaban J connectivity index is 2.81. The summed E-state index contributed by atoms with van der Waals surface area (Å²) in [6, 6.07) is 8.10. The average molecular weight is 149 g/mol. The van der Waals surface area contributed by atoms with Gasteiger partial charge in [0.1, 0.15) is 0 Å². The molecule has 0 spiro atoms. The second-order valence-electron chi connectivity index (χ2n) is 2.17. The number of rotatable bonds is 2. The molecule has 0 N–H and O–H groups in total. The Bertz CT molecular complexity index is 210. The van der Waals surface area contributed by atoms with Gasteiger partial charge in [-0.1, -0.05) is 36.9 Å². The Labute approximate surface area is 68.3 Å². The average Bonchev–Trinajstić information content (AvgIpc) is 1.94. The second-order valence-corrected chi connectivity index (χ2v) is 2.65. The zero-order valence-corrected chi connectivity index (χ0v) is 6.94. The second kappa shape index (κ2) is 3.72. The van der Waals surface area contributed by atoms with E-state index in [-0.39, 0.29) is 0 Å². The highest BCUT2D eigenvalue weighted by molar-refractivity contribution is 7.80. The van der Waals surface area contributed by atoms with E-state index >= 15 is 0 Å². The van der Waals surface area contributed by atoms with Gasteiger partial charge in [0, 0.05) is 0 Å². The van der Waals surface area contributed by atoms with Crippen LogP contribution in [0.1, 0.15) is 6.92 Å². The summed E-state index contributed by atoms with van der Waals surface area (Å²) in [5.41, 5.74) is 1.23. The van der Waals surface area contributed by atoms with Gasteiger partial charge in [-0.2, -0.15) is 0 Å². The zero-order valence-electron chi connectivity index (χ0n) is 6.04. The van der Waals surface area contributed by atoms with E-state index in [4.69, 9.17) is 0 Å². The Morgan fingerprint density at radius 3 is 2.70 bits per heavy atom. The smallest absolute Gasteiger partial charge is 0.144 e. The first-order valence-electron chi connectivity index (χ1n) is 3.45. The molecule has 0 saturated carbocycles. The summed E-state index contributed by atoms with van der Waals surface area (Å²) in [5, 5.41) is 0. The molecule has 0 nitrogen and oxygen atoms in total. The molecule has 1 radical (unpaired) electrons. The van der Waals surface area contributed by atoms with Crippen molar-refractivity contribution in [3.05, 3.63) is 24.3 Å². The van der Waals surface area contributed by atoms with Crippen LogP contribution in [-0.4, -0.2) is 7.28 Å². The Morgan fingerprint density at radius 1 is 1.40 bits per heavy atom. The van der Waals surface area contributed by atoms with E-state index in [1.807, 2.05) is 18.2 Å². The molecule has 2 heteroatoms. The first-order chi connectivity index (χ1) is 4.84. The Hall–Kier alpha value is -0.365. The molecular formula is C8H10BS. The maximum absolute atomic E-state index is 4.30. The topological polar surface area (TPSA) is 0 Å². The van der Waals surface area contributed by atoms with Gasteiger partial charge < -0.3 is 0 Å². The van der Waals surface area contributed by atoms with E-state index in [2.05, 4.69) is 32.9 Å². The SMILES string of the molecule is CC[B]c1ccccc1S. The minimum absolute atomic E-state index is 1.06. The lowest BCUT2D eigenvalue weighted by molar-refractivity contribution is 1.44. The van der Waals surface area contributed by atoms with E-state index in [0.717, 1.165) is 11.2 Å². The maximum Gasteiger partial charge on any atom is 0.152 e. The quantitative estimate of drug-likeness (QED) is 0.480. The van der Waals surface area contributed by atoms with Crippen molar-refractivity contribution in [1.82, 2.24) is 0 Å². The molecule has 0 unspecified atom stereocenters. The van der Waals surface area contributed by atoms with Gasteiger partial charge in [0.25, 0.3) is 0 Å². The maximum atomic E-state index is 4.30. The molecule has 1 rings (SSSR count). The van der Waals surface area contributed by atoms with Crippen LogP contribution in [-0.2, 0) is 0 Å². The molecule has 0 aliphatic carbocycles. The zero-order chi connectivity index (χ0) is 7.40. The molecule has 0 bridgehead atoms. The molecule has 0 aliphatic heterocycles. The van der Waals surface area contributed by atoms with E-state index < -0.39 is 0 Å². The third-order valence-electron chi connectivity index (χ3n) is 1.36. The van der Waals surface area contributed by atoms with Crippen molar-refractivity contribution in [1.29, 1.82) is 0 Å². The minimum Gasteiger partial charge on any atom is -0.144 e. The molecule has 51 valence electrons. The van der Waals surface area contributed by atoms with Crippen molar-refractivity contribution in [2.24, 2.45) is 0 Å². The van der Waals surface area contributed by atoms with Crippen molar-refractivity contribution in [3.63, 3.8) is 0 Å². The summed E-state index contributed by atoms with van der Waals surface area (Å²) >= 11 is 4.30. The van der Waals surface area contributed by atoms with E-state index in [1.54, 1.807) is 0 Å². The predicted octanol–water partition coefficient (Wildman–Crippen LogP) is 1.74. The molecule has 0 aliphatic rings. The third-order valence-corrected chi connectivity index (χ3v) is 1.77. The molecule has 0 saturated heterocycles. The van der Waals surface area contributed by atoms with Crippen LogP contribution in [0, 0.1) is 0 Å². The molecular weight excluding hydrogens is 139 g/mol. The minimum atomic E-state index is 1.06. The molecule has 0 atom stereocenters. The van der Waals surface area contributed by atoms with Crippen molar-refractivity contribution in [2.75, 3.05) is 0 Å². The highest BCUT2D eigenvalue weighted by atomic mass is 32.1. The van der Waals surface area contributed by atoms with Crippen LogP contribution >= 0.6 is 12.6 Å². The van der Waals surface area contributed by atoms with Gasteiger partial charge in [-0.15, -0.1) is 12.6 Å². The van der Waals surface area contributed by atoms with Crippen LogP contribution in [0.4, 0.5) is 0 Å². The number of hydrogen-bond acceptors (Lipinski definition) is 1. The monoisotopic (exact) mass is 149 g/mol. The largest absolute Gasteiger partial charge is 0.152 e. The van der Waals surface area contributed by atoms with Crippen molar-refractivity contribution >= 4 is 25.4 Å².